The molecule has 1 saturated carbocycles. The lowest BCUT2D eigenvalue weighted by atomic mass is 9.84. The smallest absolute Gasteiger partial charge is 0.310 e. The first kappa shape index (κ1) is 26.9. The van der Waals surface area contributed by atoms with Gasteiger partial charge in [-0.2, -0.15) is 5.10 Å². The van der Waals surface area contributed by atoms with Gasteiger partial charge >= 0.3 is 5.97 Å². The van der Waals surface area contributed by atoms with Crippen LogP contribution in [0.3, 0.4) is 0 Å². The molecule has 39 heavy (non-hydrogen) atoms. The van der Waals surface area contributed by atoms with Crippen LogP contribution in [0.2, 0.25) is 0 Å². The number of hydrogen-bond donors (Lipinski definition) is 1. The van der Waals surface area contributed by atoms with E-state index in [-0.39, 0.29) is 11.7 Å². The summed E-state index contributed by atoms with van der Waals surface area (Å²) in [4.78, 5) is 17.3. The van der Waals surface area contributed by atoms with E-state index >= 15 is 0 Å². The molecule has 0 amide bonds. The molecular formula is C32H45FN4O2. The van der Waals surface area contributed by atoms with Crippen LogP contribution in [0.15, 0.2) is 24.3 Å². The average molecular weight is 537 g/mol. The Bertz CT molecular complexity index is 1160. The van der Waals surface area contributed by atoms with Gasteiger partial charge in [0.2, 0.25) is 0 Å². The highest BCUT2D eigenvalue weighted by Crippen LogP contribution is 2.43. The van der Waals surface area contributed by atoms with E-state index in [1.165, 1.54) is 49.6 Å². The second kappa shape index (κ2) is 11.3. The third-order valence-corrected chi connectivity index (χ3v) is 10.4. The maximum atomic E-state index is 14.2. The molecule has 2 atom stereocenters. The summed E-state index contributed by atoms with van der Waals surface area (Å²) in [6.45, 7) is 8.83. The van der Waals surface area contributed by atoms with Gasteiger partial charge in [0.15, 0.2) is 0 Å². The van der Waals surface area contributed by atoms with Crippen LogP contribution in [0.25, 0.3) is 0 Å². The molecule has 2 saturated heterocycles. The Morgan fingerprint density at radius 1 is 1.08 bits per heavy atom. The molecule has 4 aliphatic rings. The highest BCUT2D eigenvalue weighted by atomic mass is 19.1. The molecule has 212 valence electrons. The summed E-state index contributed by atoms with van der Waals surface area (Å²) >= 11 is 0. The lowest BCUT2D eigenvalue weighted by Crippen LogP contribution is -2.41. The van der Waals surface area contributed by atoms with Gasteiger partial charge in [0.05, 0.1) is 11.1 Å². The van der Waals surface area contributed by atoms with Crippen LogP contribution in [0, 0.1) is 17.2 Å². The Kier molecular flexibility index (Phi) is 7.82. The quantitative estimate of drug-likeness (QED) is 0.485. The van der Waals surface area contributed by atoms with Crippen molar-refractivity contribution in [2.75, 3.05) is 39.3 Å². The zero-order valence-corrected chi connectivity index (χ0v) is 23.6. The molecule has 1 aliphatic carbocycles. The summed E-state index contributed by atoms with van der Waals surface area (Å²) in [7, 11) is 0. The molecule has 1 aromatic heterocycles. The van der Waals surface area contributed by atoms with Gasteiger partial charge in [-0.1, -0.05) is 31.9 Å². The number of aliphatic carboxylic acids is 1. The van der Waals surface area contributed by atoms with Crippen LogP contribution >= 0.6 is 0 Å². The van der Waals surface area contributed by atoms with Crippen molar-refractivity contribution in [1.82, 2.24) is 19.6 Å². The number of piperidine rings is 1. The molecule has 7 heteroatoms. The number of aryl methyl sites for hydroxylation is 2. The molecule has 2 aromatic rings. The average Bonchev–Trinajstić information content (AvgIpc) is 3.67. The number of carboxylic acids is 1. The molecule has 3 aliphatic heterocycles. The maximum absolute atomic E-state index is 14.2. The Hall–Kier alpha value is -2.25. The molecule has 1 N–H and O–H groups in total. The van der Waals surface area contributed by atoms with Crippen LogP contribution in [0.4, 0.5) is 4.39 Å². The molecule has 0 radical (unpaired) electrons. The number of carboxylic acid groups (broad SMARTS) is 1. The van der Waals surface area contributed by atoms with Crippen molar-refractivity contribution < 1.29 is 14.3 Å². The monoisotopic (exact) mass is 536 g/mol. The fourth-order valence-electron chi connectivity index (χ4n) is 8.35. The number of hydrogen-bond acceptors (Lipinski definition) is 4. The van der Waals surface area contributed by atoms with Crippen LogP contribution in [-0.2, 0) is 24.2 Å². The molecule has 1 aromatic carbocycles. The second-order valence-corrected chi connectivity index (χ2v) is 12.8. The zero-order chi connectivity index (χ0) is 27.0. The molecule has 0 spiro atoms. The number of fused-ring (bicyclic) bond motifs is 1. The highest BCUT2D eigenvalue weighted by Gasteiger charge is 2.45. The van der Waals surface area contributed by atoms with Crippen molar-refractivity contribution in [3.05, 3.63) is 52.6 Å². The van der Waals surface area contributed by atoms with Crippen molar-refractivity contribution in [3.8, 4) is 0 Å². The summed E-state index contributed by atoms with van der Waals surface area (Å²) in [5, 5.41) is 15.1. The summed E-state index contributed by atoms with van der Waals surface area (Å²) in [5.41, 5.74) is 4.85. The minimum Gasteiger partial charge on any atom is -0.481 e. The summed E-state index contributed by atoms with van der Waals surface area (Å²) < 4.78 is 16.5. The largest absolute Gasteiger partial charge is 0.481 e. The zero-order valence-electron chi connectivity index (χ0n) is 23.6. The van der Waals surface area contributed by atoms with Crippen LogP contribution in [-0.4, -0.2) is 69.9 Å². The number of rotatable bonds is 8. The van der Waals surface area contributed by atoms with Crippen LogP contribution in [0.1, 0.15) is 92.6 Å². The SMILES string of the molecule is CCc1nn2c(c1C1CCN(CC3CN(CC4(C(=O)O)CCCC4)CC3c3cccc(F)c3)CC1)CCCC2. The van der Waals surface area contributed by atoms with E-state index in [9.17, 15) is 14.3 Å². The van der Waals surface area contributed by atoms with Crippen molar-refractivity contribution in [2.24, 2.45) is 11.3 Å². The summed E-state index contributed by atoms with van der Waals surface area (Å²) in [5.74, 6) is 0.405. The van der Waals surface area contributed by atoms with E-state index in [1.807, 2.05) is 6.07 Å². The number of benzene rings is 1. The highest BCUT2D eigenvalue weighted by molar-refractivity contribution is 5.75. The number of aromatic nitrogens is 2. The first-order valence-electron chi connectivity index (χ1n) is 15.5. The lowest BCUT2D eigenvalue weighted by molar-refractivity contribution is -0.149. The molecule has 4 heterocycles. The van der Waals surface area contributed by atoms with Gasteiger partial charge in [-0.3, -0.25) is 9.48 Å². The predicted octanol–water partition coefficient (Wildman–Crippen LogP) is 5.46. The molecule has 6 nitrogen and oxygen atoms in total. The Morgan fingerprint density at radius 2 is 1.87 bits per heavy atom. The van der Waals surface area contributed by atoms with Crippen molar-refractivity contribution in [2.45, 2.75) is 89.5 Å². The fourth-order valence-corrected chi connectivity index (χ4v) is 8.35. The molecule has 2 unspecified atom stereocenters. The van der Waals surface area contributed by atoms with Gasteiger partial charge in [0.25, 0.3) is 0 Å². The number of nitrogens with zero attached hydrogens (tertiary/aromatic N) is 4. The second-order valence-electron chi connectivity index (χ2n) is 12.8. The molecule has 6 rings (SSSR count). The van der Waals surface area contributed by atoms with E-state index in [4.69, 9.17) is 5.10 Å². The van der Waals surface area contributed by atoms with Crippen LogP contribution in [0.5, 0.6) is 0 Å². The van der Waals surface area contributed by atoms with E-state index in [0.29, 0.717) is 18.4 Å². The standard InChI is InChI=1S/C32H45FN4O2/c1-2-28-30(29-10-3-6-15-37(29)34-28)23-11-16-35(17-12-23)19-25-20-36(22-32(31(38)39)13-4-5-14-32)21-27(25)24-8-7-9-26(33)18-24/h7-9,18,23,25,27H,2-6,10-17,19-22H2,1H3,(H,38,39). The normalized spacial score (nSPS) is 26.2. The molecule has 0 bridgehead atoms. The minimum atomic E-state index is -0.637. The summed E-state index contributed by atoms with van der Waals surface area (Å²) in [6, 6.07) is 7.11. The van der Waals surface area contributed by atoms with Gasteiger partial charge in [0, 0.05) is 44.3 Å². The summed E-state index contributed by atoms with van der Waals surface area (Å²) in [6.07, 6.45) is 10.6. The first-order chi connectivity index (χ1) is 19.0. The predicted molar refractivity (Wildman–Crippen MR) is 151 cm³/mol. The van der Waals surface area contributed by atoms with Crippen molar-refractivity contribution >= 4 is 5.97 Å². The number of likely N-dealkylation sites (tertiary alicyclic amines) is 2. The van der Waals surface area contributed by atoms with Gasteiger partial charge in [-0.05, 0) is 99.6 Å². The van der Waals surface area contributed by atoms with E-state index in [2.05, 4.69) is 27.5 Å². The van der Waals surface area contributed by atoms with E-state index in [1.54, 1.807) is 11.6 Å². The number of halogens is 1. The number of carbonyl (C=O) groups is 1. The Morgan fingerprint density at radius 3 is 2.59 bits per heavy atom. The van der Waals surface area contributed by atoms with Gasteiger partial charge in [-0.15, -0.1) is 0 Å². The Balaban J connectivity index is 1.15. The molecular weight excluding hydrogens is 491 g/mol. The van der Waals surface area contributed by atoms with Crippen molar-refractivity contribution in [3.63, 3.8) is 0 Å². The van der Waals surface area contributed by atoms with E-state index < -0.39 is 11.4 Å². The molecule has 3 fully saturated rings. The van der Waals surface area contributed by atoms with Gasteiger partial charge in [0.1, 0.15) is 5.82 Å². The van der Waals surface area contributed by atoms with Crippen LogP contribution < -0.4 is 0 Å². The lowest BCUT2D eigenvalue weighted by Gasteiger charge is -2.35. The van der Waals surface area contributed by atoms with Gasteiger partial charge < -0.3 is 14.9 Å². The minimum absolute atomic E-state index is 0.181. The third-order valence-electron chi connectivity index (χ3n) is 10.4. The maximum Gasteiger partial charge on any atom is 0.310 e. The van der Waals surface area contributed by atoms with E-state index in [0.717, 1.165) is 76.9 Å². The fraction of sp³-hybridized carbons (Fsp3) is 0.688. The van der Waals surface area contributed by atoms with Gasteiger partial charge in [-0.25, -0.2) is 4.39 Å². The van der Waals surface area contributed by atoms with Crippen molar-refractivity contribution in [1.29, 1.82) is 0 Å². The topological polar surface area (TPSA) is 61.6 Å². The third kappa shape index (κ3) is 5.41. The first-order valence-corrected chi connectivity index (χ1v) is 15.5. The Labute approximate surface area is 232 Å².